The Morgan fingerprint density at radius 3 is 2.48 bits per heavy atom. The van der Waals surface area contributed by atoms with Gasteiger partial charge >= 0.3 is 5.97 Å². The maximum absolute atomic E-state index is 13.4. The van der Waals surface area contributed by atoms with Crippen LogP contribution in [0.4, 0.5) is 4.39 Å². The van der Waals surface area contributed by atoms with Crippen LogP contribution < -0.4 is 4.74 Å². The highest BCUT2D eigenvalue weighted by Gasteiger charge is 2.09. The number of nitriles is 1. The van der Waals surface area contributed by atoms with Gasteiger partial charge in [-0.05, 0) is 59.7 Å². The molecule has 0 amide bonds. The molecule has 0 heterocycles. The second-order valence-electron chi connectivity index (χ2n) is 6.15. The first-order valence-electron chi connectivity index (χ1n) is 8.58. The molecule has 0 fully saturated rings. The standard InChI is InChI=1S/C23H15BrFNO3/c24-20-8-9-22(29-14-15-2-1-3-21(25)10-15)18(12-20)11-19(13-26)16-4-6-17(7-5-16)23(27)28/h1-12H,14H2,(H,27,28). The molecule has 0 radical (unpaired) electrons. The van der Waals surface area contributed by atoms with E-state index in [9.17, 15) is 14.4 Å². The fraction of sp³-hybridized carbons (Fsp3) is 0.0435. The zero-order valence-corrected chi connectivity index (χ0v) is 16.7. The number of benzene rings is 3. The average Bonchev–Trinajstić information content (AvgIpc) is 2.71. The molecule has 0 atom stereocenters. The van der Waals surface area contributed by atoms with Crippen molar-refractivity contribution in [3.05, 3.63) is 99.3 Å². The van der Waals surface area contributed by atoms with Crippen LogP contribution in [0.5, 0.6) is 5.75 Å². The Hall–Kier alpha value is -3.43. The second kappa shape index (κ2) is 9.18. The quantitative estimate of drug-likeness (QED) is 0.372. The van der Waals surface area contributed by atoms with Gasteiger partial charge in [0.25, 0.3) is 0 Å². The predicted octanol–water partition coefficient (Wildman–Crippen LogP) is 5.93. The van der Waals surface area contributed by atoms with Gasteiger partial charge in [-0.15, -0.1) is 0 Å². The lowest BCUT2D eigenvalue weighted by Gasteiger charge is -2.11. The van der Waals surface area contributed by atoms with Crippen LogP contribution in [-0.2, 0) is 6.61 Å². The van der Waals surface area contributed by atoms with E-state index in [0.717, 1.165) is 4.47 Å². The van der Waals surface area contributed by atoms with Crippen LogP contribution in [-0.4, -0.2) is 11.1 Å². The van der Waals surface area contributed by atoms with Gasteiger partial charge < -0.3 is 9.84 Å². The highest BCUT2D eigenvalue weighted by molar-refractivity contribution is 9.10. The van der Waals surface area contributed by atoms with E-state index < -0.39 is 5.97 Å². The molecule has 0 aromatic heterocycles. The number of carboxylic acid groups (broad SMARTS) is 1. The third-order valence-electron chi connectivity index (χ3n) is 4.12. The normalized spacial score (nSPS) is 11.0. The maximum atomic E-state index is 13.4. The molecule has 0 bridgehead atoms. The molecule has 29 heavy (non-hydrogen) atoms. The Bertz CT molecular complexity index is 1120. The molecule has 4 nitrogen and oxygen atoms in total. The number of hydrogen-bond acceptors (Lipinski definition) is 3. The molecule has 0 aliphatic rings. The Balaban J connectivity index is 1.90. The lowest BCUT2D eigenvalue weighted by Crippen LogP contribution is -1.98. The monoisotopic (exact) mass is 451 g/mol. The summed E-state index contributed by atoms with van der Waals surface area (Å²) in [6, 6.07) is 19.7. The highest BCUT2D eigenvalue weighted by Crippen LogP contribution is 2.28. The number of carbonyl (C=O) groups is 1. The van der Waals surface area contributed by atoms with E-state index >= 15 is 0 Å². The van der Waals surface area contributed by atoms with E-state index in [-0.39, 0.29) is 18.0 Å². The molecular formula is C23H15BrFNO3. The number of aromatic carboxylic acids is 1. The summed E-state index contributed by atoms with van der Waals surface area (Å²) in [6.07, 6.45) is 1.67. The van der Waals surface area contributed by atoms with Gasteiger partial charge in [0.1, 0.15) is 18.2 Å². The molecule has 0 aliphatic heterocycles. The lowest BCUT2D eigenvalue weighted by atomic mass is 10.0. The van der Waals surface area contributed by atoms with Crippen LogP contribution >= 0.6 is 15.9 Å². The van der Waals surface area contributed by atoms with E-state index in [0.29, 0.717) is 28.0 Å². The zero-order chi connectivity index (χ0) is 20.8. The van der Waals surface area contributed by atoms with Crippen molar-refractivity contribution in [2.24, 2.45) is 0 Å². The van der Waals surface area contributed by atoms with E-state index in [1.165, 1.54) is 24.3 Å². The predicted molar refractivity (Wildman–Crippen MR) is 112 cm³/mol. The van der Waals surface area contributed by atoms with Crippen molar-refractivity contribution in [1.82, 2.24) is 0 Å². The van der Waals surface area contributed by atoms with Crippen molar-refractivity contribution in [1.29, 1.82) is 5.26 Å². The van der Waals surface area contributed by atoms with Crippen LogP contribution in [0.15, 0.2) is 71.2 Å². The first-order valence-corrected chi connectivity index (χ1v) is 9.38. The topological polar surface area (TPSA) is 70.3 Å². The van der Waals surface area contributed by atoms with Crippen molar-refractivity contribution in [3.8, 4) is 11.8 Å². The number of nitrogens with zero attached hydrogens (tertiary/aromatic N) is 1. The fourth-order valence-corrected chi connectivity index (χ4v) is 3.06. The lowest BCUT2D eigenvalue weighted by molar-refractivity contribution is 0.0697. The van der Waals surface area contributed by atoms with Crippen molar-refractivity contribution >= 4 is 33.5 Å². The van der Waals surface area contributed by atoms with E-state index in [2.05, 4.69) is 22.0 Å². The SMILES string of the molecule is N#CC(=Cc1cc(Br)ccc1OCc1cccc(F)c1)c1ccc(C(=O)O)cc1. The van der Waals surface area contributed by atoms with Gasteiger partial charge in [-0.3, -0.25) is 0 Å². The van der Waals surface area contributed by atoms with Crippen LogP contribution in [0.3, 0.4) is 0 Å². The Kier molecular flexibility index (Phi) is 6.43. The van der Waals surface area contributed by atoms with Gasteiger partial charge in [0.15, 0.2) is 0 Å². The number of carboxylic acids is 1. The van der Waals surface area contributed by atoms with Gasteiger partial charge in [0.2, 0.25) is 0 Å². The number of hydrogen-bond donors (Lipinski definition) is 1. The van der Waals surface area contributed by atoms with Crippen LogP contribution in [0.2, 0.25) is 0 Å². The van der Waals surface area contributed by atoms with Crippen LogP contribution in [0, 0.1) is 17.1 Å². The van der Waals surface area contributed by atoms with Crippen LogP contribution in [0.25, 0.3) is 11.6 Å². The zero-order valence-electron chi connectivity index (χ0n) is 15.1. The van der Waals surface area contributed by atoms with E-state index in [4.69, 9.17) is 9.84 Å². The van der Waals surface area contributed by atoms with Crippen molar-refractivity contribution in [2.45, 2.75) is 6.61 Å². The Morgan fingerprint density at radius 1 is 1.10 bits per heavy atom. The molecule has 0 saturated heterocycles. The van der Waals surface area contributed by atoms with Crippen molar-refractivity contribution < 1.29 is 19.0 Å². The summed E-state index contributed by atoms with van der Waals surface area (Å²) < 4.78 is 20.0. The highest BCUT2D eigenvalue weighted by atomic mass is 79.9. The minimum atomic E-state index is -1.03. The molecular weight excluding hydrogens is 437 g/mol. The molecule has 0 aliphatic carbocycles. The summed E-state index contributed by atoms with van der Waals surface area (Å²) in [7, 11) is 0. The van der Waals surface area contributed by atoms with Gasteiger partial charge in [0, 0.05) is 10.0 Å². The number of halogens is 2. The summed E-state index contributed by atoms with van der Waals surface area (Å²) in [5.74, 6) is -0.829. The van der Waals surface area contributed by atoms with E-state index in [1.807, 2.05) is 12.1 Å². The average molecular weight is 452 g/mol. The number of allylic oxidation sites excluding steroid dienone is 1. The first-order chi connectivity index (χ1) is 14.0. The van der Waals surface area contributed by atoms with Gasteiger partial charge in [-0.2, -0.15) is 5.26 Å². The summed E-state index contributed by atoms with van der Waals surface area (Å²) >= 11 is 3.41. The van der Waals surface area contributed by atoms with Gasteiger partial charge in [0.05, 0.1) is 17.2 Å². The minimum absolute atomic E-state index is 0.146. The molecule has 0 unspecified atom stereocenters. The molecule has 0 saturated carbocycles. The Morgan fingerprint density at radius 2 is 1.83 bits per heavy atom. The molecule has 3 aromatic carbocycles. The largest absolute Gasteiger partial charge is 0.488 e. The summed E-state index contributed by atoms with van der Waals surface area (Å²) in [4.78, 5) is 11.0. The molecule has 1 N–H and O–H groups in total. The fourth-order valence-electron chi connectivity index (χ4n) is 2.68. The third kappa shape index (κ3) is 5.31. The van der Waals surface area contributed by atoms with Crippen molar-refractivity contribution in [3.63, 3.8) is 0 Å². The number of rotatable bonds is 6. The molecule has 6 heteroatoms. The molecule has 3 aromatic rings. The van der Waals surface area contributed by atoms with Crippen molar-refractivity contribution in [2.75, 3.05) is 0 Å². The first kappa shape index (κ1) is 20.3. The van der Waals surface area contributed by atoms with Gasteiger partial charge in [-0.1, -0.05) is 40.2 Å². The Labute approximate surface area is 175 Å². The van der Waals surface area contributed by atoms with Crippen LogP contribution in [0.1, 0.15) is 27.0 Å². The third-order valence-corrected chi connectivity index (χ3v) is 4.61. The molecule has 0 spiro atoms. The summed E-state index contributed by atoms with van der Waals surface area (Å²) in [6.45, 7) is 0.176. The summed E-state index contributed by atoms with van der Waals surface area (Å²) in [5.41, 5.74) is 2.44. The minimum Gasteiger partial charge on any atom is -0.488 e. The maximum Gasteiger partial charge on any atom is 0.335 e. The number of ether oxygens (including phenoxy) is 1. The smallest absolute Gasteiger partial charge is 0.335 e. The molecule has 144 valence electrons. The molecule has 3 rings (SSSR count). The second-order valence-corrected chi connectivity index (χ2v) is 7.07. The van der Waals surface area contributed by atoms with Gasteiger partial charge in [-0.25, -0.2) is 9.18 Å². The summed E-state index contributed by atoms with van der Waals surface area (Å²) in [5, 5.41) is 18.6. The van der Waals surface area contributed by atoms with E-state index in [1.54, 1.807) is 36.4 Å².